The van der Waals surface area contributed by atoms with Crippen molar-refractivity contribution < 1.29 is 29.0 Å². The number of esters is 2. The Kier molecular flexibility index (Phi) is 14.0. The summed E-state index contributed by atoms with van der Waals surface area (Å²) in [6, 6.07) is 13.2. The van der Waals surface area contributed by atoms with Crippen molar-refractivity contribution in [2.75, 3.05) is 28.6 Å². The summed E-state index contributed by atoms with van der Waals surface area (Å²) in [5.74, 6) is -1.04. The number of carbonyl (C=O) groups excluding carboxylic acids is 3. The number of nitrogens with one attached hydrogen (secondary N) is 2. The van der Waals surface area contributed by atoms with Crippen LogP contribution in [-0.2, 0) is 19.1 Å². The normalized spacial score (nSPS) is 13.4. The van der Waals surface area contributed by atoms with E-state index in [4.69, 9.17) is 9.47 Å². The van der Waals surface area contributed by atoms with E-state index in [2.05, 4.69) is 43.2 Å². The number of hydrogen-bond donors (Lipinski definition) is 3. The van der Waals surface area contributed by atoms with Crippen LogP contribution in [0.4, 0.5) is 21.9 Å². The summed E-state index contributed by atoms with van der Waals surface area (Å²) in [4.78, 5) is 40.4. The Morgan fingerprint density at radius 3 is 1.98 bits per heavy atom. The highest BCUT2D eigenvalue weighted by atomic mass is 16.7. The number of carbonyl (C=O) groups is 3. The number of urea groups is 1. The summed E-state index contributed by atoms with van der Waals surface area (Å²) in [5.41, 5.74) is 4.23. The van der Waals surface area contributed by atoms with E-state index in [1.54, 1.807) is 13.8 Å². The van der Waals surface area contributed by atoms with Gasteiger partial charge in [-0.25, -0.2) is 9.59 Å². The van der Waals surface area contributed by atoms with E-state index >= 15 is 0 Å². The largest absolute Gasteiger partial charge is 0.425 e. The maximum absolute atomic E-state index is 13.2. The summed E-state index contributed by atoms with van der Waals surface area (Å²) in [7, 11) is 0. The van der Waals surface area contributed by atoms with Crippen LogP contribution in [0, 0.1) is 24.7 Å². The second-order valence-corrected chi connectivity index (χ2v) is 12.4. The number of amides is 2. The molecule has 2 amide bonds. The van der Waals surface area contributed by atoms with Crippen molar-refractivity contribution in [3.63, 3.8) is 0 Å². The van der Waals surface area contributed by atoms with Crippen LogP contribution in [0.25, 0.3) is 0 Å². The van der Waals surface area contributed by atoms with Gasteiger partial charge < -0.3 is 30.1 Å². The Bertz CT molecular complexity index is 1180. The standard InChI is InChI=1S/C34H51N3O6/c1-10-26(18-31(39)42-33(23(6)7)43-32(40)25(9)38)27-13-16-30(37(19-21(2)3)20-22(4)5)29(17-27)36-34(41)35-28-14-11-24(8)12-15-28/h11-17,21-23,25-26,33,38H,10,18-20H2,1-9H3,(H2,35,36,41)/t25?,26-,33?/m0/s1. The van der Waals surface area contributed by atoms with E-state index in [9.17, 15) is 19.5 Å². The molecular formula is C34H51N3O6. The van der Waals surface area contributed by atoms with Gasteiger partial charge in [-0.15, -0.1) is 0 Å². The number of ether oxygens (including phenoxy) is 2. The van der Waals surface area contributed by atoms with Crippen molar-refractivity contribution in [2.45, 2.75) is 93.5 Å². The summed E-state index contributed by atoms with van der Waals surface area (Å²) >= 11 is 0. The lowest BCUT2D eigenvalue weighted by molar-refractivity contribution is -0.201. The highest BCUT2D eigenvalue weighted by molar-refractivity contribution is 6.02. The molecule has 0 aromatic heterocycles. The van der Waals surface area contributed by atoms with Crippen molar-refractivity contribution in [2.24, 2.45) is 17.8 Å². The second-order valence-electron chi connectivity index (χ2n) is 12.4. The van der Waals surface area contributed by atoms with E-state index in [1.807, 2.05) is 56.3 Å². The molecule has 238 valence electrons. The van der Waals surface area contributed by atoms with Gasteiger partial charge in [-0.2, -0.15) is 0 Å². The molecule has 0 aliphatic rings. The van der Waals surface area contributed by atoms with Crippen LogP contribution in [0.15, 0.2) is 42.5 Å². The summed E-state index contributed by atoms with van der Waals surface area (Å²) < 4.78 is 10.7. The fourth-order valence-corrected chi connectivity index (χ4v) is 4.64. The van der Waals surface area contributed by atoms with Gasteiger partial charge in [0, 0.05) is 24.7 Å². The first-order valence-corrected chi connectivity index (χ1v) is 15.3. The minimum Gasteiger partial charge on any atom is -0.425 e. The lowest BCUT2D eigenvalue weighted by Crippen LogP contribution is -2.33. The molecule has 3 N–H and O–H groups in total. The maximum Gasteiger partial charge on any atom is 0.337 e. The molecule has 9 nitrogen and oxygen atoms in total. The van der Waals surface area contributed by atoms with E-state index < -0.39 is 24.3 Å². The average Bonchev–Trinajstić information content (AvgIpc) is 2.91. The lowest BCUT2D eigenvalue weighted by Gasteiger charge is -2.31. The molecule has 2 aromatic rings. The van der Waals surface area contributed by atoms with Gasteiger partial charge in [-0.1, -0.05) is 72.2 Å². The second kappa shape index (κ2) is 16.9. The molecule has 0 saturated heterocycles. The molecule has 0 aliphatic heterocycles. The molecule has 0 saturated carbocycles. The van der Waals surface area contributed by atoms with Crippen LogP contribution < -0.4 is 15.5 Å². The van der Waals surface area contributed by atoms with Gasteiger partial charge in [-0.05, 0) is 67.9 Å². The lowest BCUT2D eigenvalue weighted by atomic mass is 9.92. The van der Waals surface area contributed by atoms with Crippen LogP contribution in [0.1, 0.15) is 85.3 Å². The molecule has 9 heteroatoms. The number of anilines is 3. The van der Waals surface area contributed by atoms with E-state index in [1.165, 1.54) is 6.92 Å². The SMILES string of the molecule is CC[C@@H](CC(=O)OC(OC(=O)C(C)O)C(C)C)c1ccc(N(CC(C)C)CC(C)C)c(NC(=O)Nc2ccc(C)cc2)c1. The highest BCUT2D eigenvalue weighted by Crippen LogP contribution is 2.34. The van der Waals surface area contributed by atoms with Gasteiger partial charge in [0.2, 0.25) is 6.29 Å². The van der Waals surface area contributed by atoms with Gasteiger partial charge in [0.05, 0.1) is 17.8 Å². The minimum atomic E-state index is -1.32. The Hall–Kier alpha value is -3.59. The number of hydrogen-bond acceptors (Lipinski definition) is 7. The third-order valence-electron chi connectivity index (χ3n) is 6.83. The molecule has 2 unspecified atom stereocenters. The summed E-state index contributed by atoms with van der Waals surface area (Å²) in [5, 5.41) is 15.5. The van der Waals surface area contributed by atoms with Crippen molar-refractivity contribution in [3.05, 3.63) is 53.6 Å². The van der Waals surface area contributed by atoms with Crippen LogP contribution in [-0.4, -0.2) is 48.6 Å². The third kappa shape index (κ3) is 11.9. The van der Waals surface area contributed by atoms with E-state index in [0.717, 1.165) is 29.9 Å². The average molecular weight is 598 g/mol. The fraction of sp³-hybridized carbons (Fsp3) is 0.559. The first kappa shape index (κ1) is 35.6. The zero-order valence-electron chi connectivity index (χ0n) is 27.3. The number of nitrogens with zero attached hydrogens (tertiary/aromatic N) is 1. The molecule has 2 aromatic carbocycles. The quantitative estimate of drug-likeness (QED) is 0.148. The number of aryl methyl sites for hydroxylation is 1. The van der Waals surface area contributed by atoms with Crippen molar-refractivity contribution in [1.29, 1.82) is 0 Å². The minimum absolute atomic E-state index is 0.0575. The summed E-state index contributed by atoms with van der Waals surface area (Å²) in [6.45, 7) is 19.1. The third-order valence-corrected chi connectivity index (χ3v) is 6.83. The maximum atomic E-state index is 13.2. The Morgan fingerprint density at radius 2 is 1.47 bits per heavy atom. The Labute approximate surface area is 257 Å². The Morgan fingerprint density at radius 1 is 0.860 bits per heavy atom. The molecule has 2 rings (SSSR count). The molecular weight excluding hydrogens is 546 g/mol. The molecule has 0 aliphatic carbocycles. The van der Waals surface area contributed by atoms with Crippen LogP contribution in [0.3, 0.4) is 0 Å². The van der Waals surface area contributed by atoms with Gasteiger partial charge >= 0.3 is 18.0 Å². The molecule has 0 spiro atoms. The first-order valence-electron chi connectivity index (χ1n) is 15.3. The predicted octanol–water partition coefficient (Wildman–Crippen LogP) is 7.09. The smallest absolute Gasteiger partial charge is 0.337 e. The number of rotatable bonds is 15. The van der Waals surface area contributed by atoms with Crippen molar-refractivity contribution in [1.82, 2.24) is 0 Å². The number of aliphatic hydroxyl groups excluding tert-OH is 1. The van der Waals surface area contributed by atoms with Crippen molar-refractivity contribution in [3.8, 4) is 0 Å². The van der Waals surface area contributed by atoms with Gasteiger partial charge in [-0.3, -0.25) is 4.79 Å². The van der Waals surface area contributed by atoms with Crippen LogP contribution >= 0.6 is 0 Å². The molecule has 3 atom stereocenters. The monoisotopic (exact) mass is 597 g/mol. The Balaban J connectivity index is 2.37. The van der Waals surface area contributed by atoms with E-state index in [-0.39, 0.29) is 24.3 Å². The number of benzene rings is 2. The van der Waals surface area contributed by atoms with Crippen LogP contribution in [0.5, 0.6) is 0 Å². The van der Waals surface area contributed by atoms with Crippen LogP contribution in [0.2, 0.25) is 0 Å². The predicted molar refractivity (Wildman–Crippen MR) is 172 cm³/mol. The zero-order chi connectivity index (χ0) is 32.3. The van der Waals surface area contributed by atoms with Gasteiger partial charge in [0.25, 0.3) is 0 Å². The topological polar surface area (TPSA) is 117 Å². The van der Waals surface area contributed by atoms with Gasteiger partial charge in [0.1, 0.15) is 6.10 Å². The molecule has 0 heterocycles. The molecule has 0 radical (unpaired) electrons. The molecule has 0 bridgehead atoms. The van der Waals surface area contributed by atoms with Crippen molar-refractivity contribution >= 4 is 35.0 Å². The molecule has 0 fully saturated rings. The molecule has 43 heavy (non-hydrogen) atoms. The number of aliphatic hydroxyl groups is 1. The summed E-state index contributed by atoms with van der Waals surface area (Å²) in [6.07, 6.45) is -1.72. The zero-order valence-corrected chi connectivity index (χ0v) is 27.3. The highest BCUT2D eigenvalue weighted by Gasteiger charge is 2.27. The van der Waals surface area contributed by atoms with E-state index in [0.29, 0.717) is 29.6 Å². The van der Waals surface area contributed by atoms with Gasteiger partial charge in [0.15, 0.2) is 0 Å². The first-order chi connectivity index (χ1) is 20.2. The fourth-order valence-electron chi connectivity index (χ4n) is 4.64.